The molecule has 3 heterocycles. The lowest BCUT2D eigenvalue weighted by atomic mass is 9.92. The second kappa shape index (κ2) is 6.12. The normalized spacial score (nSPS) is 23.0. The van der Waals surface area contributed by atoms with Crippen molar-refractivity contribution in [3.05, 3.63) is 54.0 Å². The van der Waals surface area contributed by atoms with E-state index in [1.165, 1.54) is 12.1 Å². The van der Waals surface area contributed by atoms with Gasteiger partial charge in [0.05, 0.1) is 11.3 Å². The first-order valence-corrected chi connectivity index (χ1v) is 8.38. The molecule has 1 aromatic carbocycles. The minimum atomic E-state index is -0.357. The maximum Gasteiger partial charge on any atom is 0.128 e. The van der Waals surface area contributed by atoms with E-state index in [1.54, 1.807) is 6.07 Å². The average Bonchev–Trinajstić information content (AvgIpc) is 3.05. The zero-order chi connectivity index (χ0) is 16.5. The fourth-order valence-electron chi connectivity index (χ4n) is 4.04. The molecule has 0 spiro atoms. The molecule has 0 radical (unpaired) electrons. The quantitative estimate of drug-likeness (QED) is 0.851. The summed E-state index contributed by atoms with van der Waals surface area (Å²) in [5.41, 5.74) is 1.28. The number of fused-ring (bicyclic) bond motifs is 1. The number of hydrogen-bond acceptors (Lipinski definition) is 4. The van der Waals surface area contributed by atoms with Gasteiger partial charge in [-0.05, 0) is 49.1 Å². The van der Waals surface area contributed by atoms with Crippen molar-refractivity contribution in [3.8, 4) is 6.07 Å². The number of nitrogens with zero attached hydrogens (tertiary/aromatic N) is 4. The summed E-state index contributed by atoms with van der Waals surface area (Å²) in [6.07, 6.45) is 4.07. The van der Waals surface area contributed by atoms with Crippen LogP contribution >= 0.6 is 0 Å². The van der Waals surface area contributed by atoms with Gasteiger partial charge in [-0.2, -0.15) is 5.26 Å². The molecule has 24 heavy (non-hydrogen) atoms. The van der Waals surface area contributed by atoms with Crippen LogP contribution in [0.15, 0.2) is 42.6 Å². The van der Waals surface area contributed by atoms with E-state index in [9.17, 15) is 9.65 Å². The molecular formula is C19H19FN4. The van der Waals surface area contributed by atoms with E-state index in [2.05, 4.69) is 20.9 Å². The number of piperidine rings is 1. The Morgan fingerprint density at radius 2 is 2.04 bits per heavy atom. The van der Waals surface area contributed by atoms with Crippen LogP contribution < -0.4 is 9.80 Å². The molecule has 2 atom stereocenters. The Balaban J connectivity index is 1.62. The number of hydrogen-bond donors (Lipinski definition) is 0. The van der Waals surface area contributed by atoms with Crippen molar-refractivity contribution in [1.82, 2.24) is 4.98 Å². The number of pyridine rings is 1. The molecule has 2 saturated heterocycles. The molecule has 0 aliphatic carbocycles. The Labute approximate surface area is 141 Å². The topological polar surface area (TPSA) is 43.2 Å². The fourth-order valence-corrected chi connectivity index (χ4v) is 4.04. The highest BCUT2D eigenvalue weighted by Crippen LogP contribution is 2.37. The number of rotatable bonds is 2. The van der Waals surface area contributed by atoms with Crippen LogP contribution in [-0.4, -0.2) is 30.7 Å². The fraction of sp³-hybridized carbons (Fsp3) is 0.368. The van der Waals surface area contributed by atoms with Crippen molar-refractivity contribution in [3.63, 3.8) is 0 Å². The van der Waals surface area contributed by atoms with Gasteiger partial charge in [0.15, 0.2) is 0 Å². The van der Waals surface area contributed by atoms with Crippen LogP contribution in [0, 0.1) is 23.1 Å². The molecule has 2 unspecified atom stereocenters. The minimum absolute atomic E-state index is 0.346. The molecular weight excluding hydrogens is 303 g/mol. The first kappa shape index (κ1) is 14.9. The van der Waals surface area contributed by atoms with Crippen LogP contribution in [0.2, 0.25) is 0 Å². The lowest BCUT2D eigenvalue weighted by molar-refractivity contribution is 0.389. The third-order valence-corrected chi connectivity index (χ3v) is 5.22. The van der Waals surface area contributed by atoms with E-state index >= 15 is 0 Å². The van der Waals surface area contributed by atoms with Gasteiger partial charge in [0.2, 0.25) is 0 Å². The lowest BCUT2D eigenvalue weighted by Crippen LogP contribution is -2.48. The lowest BCUT2D eigenvalue weighted by Gasteiger charge is -2.40. The smallest absolute Gasteiger partial charge is 0.128 e. The minimum Gasteiger partial charge on any atom is -0.365 e. The number of benzene rings is 1. The van der Waals surface area contributed by atoms with Crippen molar-refractivity contribution in [2.45, 2.75) is 18.9 Å². The van der Waals surface area contributed by atoms with Gasteiger partial charge in [0, 0.05) is 31.9 Å². The molecule has 2 aromatic rings. The maximum atomic E-state index is 13.5. The molecule has 0 bridgehead atoms. The van der Waals surface area contributed by atoms with E-state index in [1.807, 2.05) is 24.4 Å². The van der Waals surface area contributed by atoms with Crippen LogP contribution in [0.5, 0.6) is 0 Å². The van der Waals surface area contributed by atoms with Gasteiger partial charge in [-0.3, -0.25) is 0 Å². The van der Waals surface area contributed by atoms with Gasteiger partial charge in [-0.15, -0.1) is 0 Å². The molecule has 0 amide bonds. The Morgan fingerprint density at radius 3 is 2.83 bits per heavy atom. The summed E-state index contributed by atoms with van der Waals surface area (Å²) in [5, 5.41) is 9.37. The molecule has 1 aromatic heterocycles. The highest BCUT2D eigenvalue weighted by atomic mass is 19.1. The third kappa shape index (κ3) is 2.58. The molecule has 5 heteroatoms. The molecule has 2 fully saturated rings. The van der Waals surface area contributed by atoms with Crippen molar-refractivity contribution >= 4 is 11.5 Å². The first-order chi connectivity index (χ1) is 11.8. The highest BCUT2D eigenvalue weighted by Gasteiger charge is 2.39. The Bertz CT molecular complexity index is 771. The van der Waals surface area contributed by atoms with Gasteiger partial charge >= 0.3 is 0 Å². The summed E-state index contributed by atoms with van der Waals surface area (Å²) in [6, 6.07) is 13.0. The van der Waals surface area contributed by atoms with Gasteiger partial charge in [-0.25, -0.2) is 9.37 Å². The number of nitriles is 1. The molecule has 0 N–H and O–H groups in total. The number of aromatic nitrogens is 1. The predicted octanol–water partition coefficient (Wildman–Crippen LogP) is 3.20. The number of anilines is 2. The molecule has 2 aliphatic heterocycles. The standard InChI is InChI=1S/C19H19FN4/c20-16-4-5-17(15(11-16)12-21)24-10-7-14-6-9-23(13-18(14)24)19-3-1-2-8-22-19/h1-5,8,11,14,18H,6-7,9-10,13H2. The van der Waals surface area contributed by atoms with E-state index < -0.39 is 0 Å². The zero-order valence-electron chi connectivity index (χ0n) is 13.4. The SMILES string of the molecule is N#Cc1cc(F)ccc1N1CCC2CCN(c3ccccn3)CC21. The molecule has 4 rings (SSSR count). The van der Waals surface area contributed by atoms with Crippen molar-refractivity contribution in [2.24, 2.45) is 5.92 Å². The van der Waals surface area contributed by atoms with E-state index in [4.69, 9.17) is 0 Å². The van der Waals surface area contributed by atoms with Crippen LogP contribution in [0.1, 0.15) is 18.4 Å². The van der Waals surface area contributed by atoms with Gasteiger partial charge in [0.1, 0.15) is 17.7 Å². The van der Waals surface area contributed by atoms with Crippen LogP contribution in [0.25, 0.3) is 0 Å². The summed E-state index contributed by atoms with van der Waals surface area (Å²) in [6.45, 7) is 2.83. The third-order valence-electron chi connectivity index (χ3n) is 5.22. The summed E-state index contributed by atoms with van der Waals surface area (Å²) in [7, 11) is 0. The van der Waals surface area contributed by atoms with E-state index in [0.29, 0.717) is 17.5 Å². The van der Waals surface area contributed by atoms with Gasteiger partial charge in [-0.1, -0.05) is 6.07 Å². The van der Waals surface area contributed by atoms with Crippen LogP contribution in [0.4, 0.5) is 15.9 Å². The van der Waals surface area contributed by atoms with Crippen molar-refractivity contribution in [2.75, 3.05) is 29.4 Å². The molecule has 2 aliphatic rings. The summed E-state index contributed by atoms with van der Waals surface area (Å²) in [4.78, 5) is 9.07. The van der Waals surface area contributed by atoms with E-state index in [0.717, 1.165) is 44.0 Å². The second-order valence-electron chi connectivity index (χ2n) is 6.51. The second-order valence-corrected chi connectivity index (χ2v) is 6.51. The van der Waals surface area contributed by atoms with Crippen LogP contribution in [0.3, 0.4) is 0 Å². The Hall–Kier alpha value is -2.61. The number of halogens is 1. The highest BCUT2D eigenvalue weighted by molar-refractivity contribution is 5.61. The summed E-state index contributed by atoms with van der Waals surface area (Å²) >= 11 is 0. The predicted molar refractivity (Wildman–Crippen MR) is 91.4 cm³/mol. The first-order valence-electron chi connectivity index (χ1n) is 8.38. The van der Waals surface area contributed by atoms with Crippen LogP contribution in [-0.2, 0) is 0 Å². The van der Waals surface area contributed by atoms with Crippen molar-refractivity contribution < 1.29 is 4.39 Å². The molecule has 122 valence electrons. The molecule has 0 saturated carbocycles. The van der Waals surface area contributed by atoms with E-state index in [-0.39, 0.29) is 5.82 Å². The van der Waals surface area contributed by atoms with Gasteiger partial charge in [0.25, 0.3) is 0 Å². The van der Waals surface area contributed by atoms with Crippen molar-refractivity contribution in [1.29, 1.82) is 5.26 Å². The average molecular weight is 322 g/mol. The Kier molecular flexibility index (Phi) is 3.81. The summed E-state index contributed by atoms with van der Waals surface area (Å²) < 4.78 is 13.5. The largest absolute Gasteiger partial charge is 0.365 e. The maximum absolute atomic E-state index is 13.5. The molecule has 4 nitrogen and oxygen atoms in total. The zero-order valence-corrected chi connectivity index (χ0v) is 13.4. The summed E-state index contributed by atoms with van der Waals surface area (Å²) in [5.74, 6) is 1.27. The monoisotopic (exact) mass is 322 g/mol. The Morgan fingerprint density at radius 1 is 1.17 bits per heavy atom. The van der Waals surface area contributed by atoms with Gasteiger partial charge < -0.3 is 9.80 Å².